The first-order chi connectivity index (χ1) is 6.27. The number of hydrogen-bond donors (Lipinski definition) is 0. The first-order valence-electron chi connectivity index (χ1n) is 5.78. The van der Waals surface area contributed by atoms with Gasteiger partial charge in [-0.25, -0.2) is 0 Å². The molecule has 0 heterocycles. The van der Waals surface area contributed by atoms with E-state index in [4.69, 9.17) is 0 Å². The van der Waals surface area contributed by atoms with Crippen LogP contribution in [0.1, 0.15) is 46.0 Å². The Morgan fingerprint density at radius 2 is 1.85 bits per heavy atom. The minimum absolute atomic E-state index is 0.884. The van der Waals surface area contributed by atoms with Crippen molar-refractivity contribution in [1.29, 1.82) is 0 Å². The fourth-order valence-corrected chi connectivity index (χ4v) is 2.94. The average molecular weight is 177 g/mol. The van der Waals surface area contributed by atoms with E-state index in [2.05, 4.69) is 26.0 Å². The SMILES string of the molecule is CC1C/C=C\CC2CCC(C)[C]2C1. The Morgan fingerprint density at radius 3 is 2.69 bits per heavy atom. The Kier molecular flexibility index (Phi) is 2.76. The second-order valence-electron chi connectivity index (χ2n) is 5.00. The van der Waals surface area contributed by atoms with E-state index in [1.807, 2.05) is 5.92 Å². The van der Waals surface area contributed by atoms with Gasteiger partial charge in [-0.05, 0) is 55.8 Å². The van der Waals surface area contributed by atoms with Crippen LogP contribution in [0.3, 0.4) is 0 Å². The molecule has 0 aromatic carbocycles. The largest absolute Gasteiger partial charge is 0.0883 e. The van der Waals surface area contributed by atoms with Gasteiger partial charge in [0.2, 0.25) is 0 Å². The predicted molar refractivity (Wildman–Crippen MR) is 57.3 cm³/mol. The van der Waals surface area contributed by atoms with E-state index in [0.717, 1.165) is 17.8 Å². The zero-order valence-corrected chi connectivity index (χ0v) is 8.92. The van der Waals surface area contributed by atoms with E-state index in [1.165, 1.54) is 32.1 Å². The van der Waals surface area contributed by atoms with Crippen LogP contribution in [0, 0.1) is 23.7 Å². The standard InChI is InChI=1S/C13H21/c1-10-5-3-4-6-12-8-7-11(2)13(12)9-10/h3-4,10-12H,5-9H2,1-2H3/b4-3-. The predicted octanol–water partition coefficient (Wildman–Crippen LogP) is 3.98. The molecule has 73 valence electrons. The van der Waals surface area contributed by atoms with Crippen LogP contribution in [-0.2, 0) is 0 Å². The average Bonchev–Trinajstić information content (AvgIpc) is 2.39. The molecule has 0 bridgehead atoms. The van der Waals surface area contributed by atoms with Crippen LogP contribution in [-0.4, -0.2) is 0 Å². The van der Waals surface area contributed by atoms with E-state index in [9.17, 15) is 0 Å². The number of allylic oxidation sites excluding steroid dienone is 2. The Balaban J connectivity index is 2.07. The second kappa shape index (κ2) is 3.86. The lowest BCUT2D eigenvalue weighted by atomic mass is 9.79. The molecule has 2 rings (SSSR count). The van der Waals surface area contributed by atoms with Crippen molar-refractivity contribution in [3.05, 3.63) is 18.1 Å². The summed E-state index contributed by atoms with van der Waals surface area (Å²) in [6.07, 6.45) is 11.7. The molecule has 0 aromatic heterocycles. The Hall–Kier alpha value is -0.260. The molecular formula is C13H21. The zero-order valence-electron chi connectivity index (χ0n) is 8.92. The van der Waals surface area contributed by atoms with Gasteiger partial charge in [0, 0.05) is 0 Å². The van der Waals surface area contributed by atoms with E-state index >= 15 is 0 Å². The normalized spacial score (nSPS) is 43.7. The molecule has 0 nitrogen and oxygen atoms in total. The fourth-order valence-electron chi connectivity index (χ4n) is 2.94. The van der Waals surface area contributed by atoms with Crippen LogP contribution in [0.5, 0.6) is 0 Å². The van der Waals surface area contributed by atoms with Gasteiger partial charge in [0.1, 0.15) is 0 Å². The third-order valence-corrected chi connectivity index (χ3v) is 3.82. The van der Waals surface area contributed by atoms with Crippen molar-refractivity contribution in [2.24, 2.45) is 17.8 Å². The summed E-state index contributed by atoms with van der Waals surface area (Å²) in [4.78, 5) is 0. The smallest absolute Gasteiger partial charge is 0.0176 e. The van der Waals surface area contributed by atoms with Crippen molar-refractivity contribution in [3.63, 3.8) is 0 Å². The topological polar surface area (TPSA) is 0 Å². The highest BCUT2D eigenvalue weighted by molar-refractivity contribution is 5.10. The summed E-state index contributed by atoms with van der Waals surface area (Å²) in [7, 11) is 0. The molecule has 0 saturated heterocycles. The van der Waals surface area contributed by atoms with E-state index in [0.29, 0.717) is 0 Å². The molecule has 1 fully saturated rings. The lowest BCUT2D eigenvalue weighted by Gasteiger charge is -2.26. The van der Waals surface area contributed by atoms with Gasteiger partial charge in [0.15, 0.2) is 0 Å². The molecule has 0 spiro atoms. The molecule has 0 N–H and O–H groups in total. The van der Waals surface area contributed by atoms with E-state index in [-0.39, 0.29) is 0 Å². The maximum absolute atomic E-state index is 2.42. The third-order valence-electron chi connectivity index (χ3n) is 3.82. The van der Waals surface area contributed by atoms with Gasteiger partial charge in [-0.15, -0.1) is 0 Å². The van der Waals surface area contributed by atoms with Crippen LogP contribution >= 0.6 is 0 Å². The lowest BCUT2D eigenvalue weighted by Crippen LogP contribution is -2.15. The molecule has 3 atom stereocenters. The Labute approximate surface area is 82.4 Å². The van der Waals surface area contributed by atoms with Crippen LogP contribution < -0.4 is 0 Å². The van der Waals surface area contributed by atoms with Crippen molar-refractivity contribution in [2.45, 2.75) is 46.0 Å². The maximum Gasteiger partial charge on any atom is -0.0176 e. The molecule has 1 radical (unpaired) electrons. The number of hydrogen-bond acceptors (Lipinski definition) is 0. The lowest BCUT2D eigenvalue weighted by molar-refractivity contribution is 0.434. The molecule has 0 aromatic rings. The number of rotatable bonds is 0. The summed E-state index contributed by atoms with van der Waals surface area (Å²) in [6, 6.07) is 0. The molecule has 2 aliphatic carbocycles. The van der Waals surface area contributed by atoms with Gasteiger partial charge in [-0.2, -0.15) is 0 Å². The summed E-state index contributed by atoms with van der Waals surface area (Å²) in [6.45, 7) is 4.82. The van der Waals surface area contributed by atoms with Gasteiger partial charge >= 0.3 is 0 Å². The van der Waals surface area contributed by atoms with Gasteiger partial charge in [0.05, 0.1) is 0 Å². The molecule has 2 aliphatic rings. The molecular weight excluding hydrogens is 156 g/mol. The van der Waals surface area contributed by atoms with Crippen molar-refractivity contribution in [3.8, 4) is 0 Å². The minimum Gasteiger partial charge on any atom is -0.0883 e. The Morgan fingerprint density at radius 1 is 1.08 bits per heavy atom. The van der Waals surface area contributed by atoms with E-state index in [1.54, 1.807) is 0 Å². The highest BCUT2D eigenvalue weighted by Gasteiger charge is 2.34. The maximum atomic E-state index is 2.42. The van der Waals surface area contributed by atoms with Gasteiger partial charge in [-0.3, -0.25) is 0 Å². The van der Waals surface area contributed by atoms with E-state index < -0.39 is 0 Å². The van der Waals surface area contributed by atoms with Crippen molar-refractivity contribution >= 4 is 0 Å². The van der Waals surface area contributed by atoms with Crippen molar-refractivity contribution < 1.29 is 0 Å². The molecule has 3 unspecified atom stereocenters. The molecule has 1 saturated carbocycles. The highest BCUT2D eigenvalue weighted by Crippen LogP contribution is 2.45. The molecule has 13 heavy (non-hydrogen) atoms. The summed E-state index contributed by atoms with van der Waals surface area (Å²) in [5, 5.41) is 0. The Bertz CT molecular complexity index is 192. The molecule has 0 aliphatic heterocycles. The first-order valence-corrected chi connectivity index (χ1v) is 5.78. The highest BCUT2D eigenvalue weighted by atomic mass is 14.4. The summed E-state index contributed by atoms with van der Waals surface area (Å²) < 4.78 is 0. The third kappa shape index (κ3) is 1.98. The van der Waals surface area contributed by atoms with Crippen LogP contribution in [0.25, 0.3) is 0 Å². The summed E-state index contributed by atoms with van der Waals surface area (Å²) in [5.41, 5.74) is 0. The molecule has 0 heteroatoms. The number of fused-ring (bicyclic) bond motifs is 1. The summed E-state index contributed by atoms with van der Waals surface area (Å²) in [5.74, 6) is 4.62. The van der Waals surface area contributed by atoms with Crippen LogP contribution in [0.15, 0.2) is 12.2 Å². The van der Waals surface area contributed by atoms with Crippen LogP contribution in [0.4, 0.5) is 0 Å². The first kappa shape index (κ1) is 9.30. The monoisotopic (exact) mass is 177 g/mol. The van der Waals surface area contributed by atoms with Crippen molar-refractivity contribution in [1.82, 2.24) is 0 Å². The van der Waals surface area contributed by atoms with Crippen LogP contribution in [0.2, 0.25) is 0 Å². The van der Waals surface area contributed by atoms with Gasteiger partial charge < -0.3 is 0 Å². The second-order valence-corrected chi connectivity index (χ2v) is 5.00. The summed E-state index contributed by atoms with van der Waals surface area (Å²) >= 11 is 0. The van der Waals surface area contributed by atoms with Crippen molar-refractivity contribution in [2.75, 3.05) is 0 Å². The molecule has 0 amide bonds. The fraction of sp³-hybridized carbons (Fsp3) is 0.769. The minimum atomic E-state index is 0.884. The zero-order chi connectivity index (χ0) is 9.26. The van der Waals surface area contributed by atoms with Gasteiger partial charge in [0.25, 0.3) is 0 Å². The van der Waals surface area contributed by atoms with Gasteiger partial charge in [-0.1, -0.05) is 26.0 Å². The quantitative estimate of drug-likeness (QED) is 0.491.